The monoisotopic (exact) mass is 473 g/mol. The molecule has 0 radical (unpaired) electrons. The summed E-state index contributed by atoms with van der Waals surface area (Å²) in [6.07, 6.45) is -2.78. The second-order valence-electron chi connectivity index (χ2n) is 6.98. The number of nitrogens with zero attached hydrogens (tertiary/aromatic N) is 5. The van der Waals surface area contributed by atoms with E-state index in [0.29, 0.717) is 32.0 Å². The highest BCUT2D eigenvalue weighted by molar-refractivity contribution is 7.91. The van der Waals surface area contributed by atoms with Crippen LogP contribution in [-0.4, -0.2) is 33.3 Å². The molecule has 3 heterocycles. The Hall–Kier alpha value is -3.98. The predicted octanol–water partition coefficient (Wildman–Crippen LogP) is 3.23. The molecule has 8 nitrogen and oxygen atoms in total. The largest absolute Gasteiger partial charge is 0.417 e. The van der Waals surface area contributed by atoms with Crippen LogP contribution in [0.25, 0.3) is 22.6 Å². The number of pyridine rings is 2. The zero-order valence-electron chi connectivity index (χ0n) is 16.9. The molecular weight excluding hydrogens is 459 g/mol. The van der Waals surface area contributed by atoms with Crippen LogP contribution in [0.1, 0.15) is 18.1 Å². The summed E-state index contributed by atoms with van der Waals surface area (Å²) >= 11 is 0. The first kappa shape index (κ1) is 22.2. The molecule has 0 N–H and O–H groups in total. The summed E-state index contributed by atoms with van der Waals surface area (Å²) in [5.41, 5.74) is -0.917. The van der Waals surface area contributed by atoms with E-state index >= 15 is 0 Å². The molecule has 0 atom stereocenters. The van der Waals surface area contributed by atoms with Crippen molar-refractivity contribution in [3.05, 3.63) is 76.5 Å². The van der Waals surface area contributed by atoms with Crippen LogP contribution in [0.3, 0.4) is 0 Å². The molecule has 33 heavy (non-hydrogen) atoms. The molecule has 0 amide bonds. The van der Waals surface area contributed by atoms with Gasteiger partial charge in [0, 0.05) is 18.0 Å². The highest BCUT2D eigenvalue weighted by Crippen LogP contribution is 2.29. The Morgan fingerprint density at radius 2 is 1.88 bits per heavy atom. The van der Waals surface area contributed by atoms with E-state index in [-0.39, 0.29) is 22.1 Å². The molecule has 4 rings (SSSR count). The third kappa shape index (κ3) is 3.98. The summed E-state index contributed by atoms with van der Waals surface area (Å²) < 4.78 is 66.1. The summed E-state index contributed by atoms with van der Waals surface area (Å²) in [5.74, 6) is -0.650. The van der Waals surface area contributed by atoms with E-state index in [9.17, 15) is 26.4 Å². The first-order chi connectivity index (χ1) is 15.5. The van der Waals surface area contributed by atoms with Gasteiger partial charge in [0.2, 0.25) is 0 Å². The Labute approximate surface area is 185 Å². The van der Waals surface area contributed by atoms with Gasteiger partial charge in [-0.05, 0) is 35.9 Å². The number of nitriles is 1. The van der Waals surface area contributed by atoms with Crippen LogP contribution in [0.4, 0.5) is 13.2 Å². The minimum absolute atomic E-state index is 0.111. The van der Waals surface area contributed by atoms with E-state index < -0.39 is 27.3 Å². The van der Waals surface area contributed by atoms with Gasteiger partial charge in [0.1, 0.15) is 4.90 Å². The first-order valence-electron chi connectivity index (χ1n) is 9.47. The van der Waals surface area contributed by atoms with Crippen LogP contribution in [0, 0.1) is 11.3 Å². The Morgan fingerprint density at radius 3 is 2.55 bits per heavy atom. The first-order valence-corrected chi connectivity index (χ1v) is 11.1. The lowest BCUT2D eigenvalue weighted by Gasteiger charge is -2.10. The number of aromatic nitrogens is 4. The molecule has 0 spiro atoms. The highest BCUT2D eigenvalue weighted by Gasteiger charge is 2.31. The fourth-order valence-corrected chi connectivity index (χ4v) is 4.22. The van der Waals surface area contributed by atoms with Crippen molar-refractivity contribution in [2.75, 3.05) is 5.75 Å². The smallest absolute Gasteiger partial charge is 0.249 e. The van der Waals surface area contributed by atoms with Gasteiger partial charge in [0.25, 0.3) is 0 Å². The Bertz CT molecular complexity index is 1600. The van der Waals surface area contributed by atoms with Gasteiger partial charge in [-0.1, -0.05) is 19.1 Å². The average Bonchev–Trinajstić information content (AvgIpc) is 3.14. The molecule has 0 aliphatic carbocycles. The van der Waals surface area contributed by atoms with E-state index in [2.05, 4.69) is 10.1 Å². The zero-order chi connectivity index (χ0) is 24.0. The van der Waals surface area contributed by atoms with Gasteiger partial charge in [-0.2, -0.15) is 23.1 Å². The number of halogens is 3. The van der Waals surface area contributed by atoms with Crippen molar-refractivity contribution in [2.45, 2.75) is 18.0 Å². The summed E-state index contributed by atoms with van der Waals surface area (Å²) in [6.45, 7) is 1.41. The summed E-state index contributed by atoms with van der Waals surface area (Å²) in [5, 5.41) is 13.1. The van der Waals surface area contributed by atoms with Gasteiger partial charge >= 0.3 is 11.9 Å². The lowest BCUT2D eigenvalue weighted by Crippen LogP contribution is -2.23. The molecule has 0 saturated heterocycles. The lowest BCUT2D eigenvalue weighted by molar-refractivity contribution is -0.137. The Kier molecular flexibility index (Phi) is 5.29. The standard InChI is InChI=1S/C21H14F3N5O3S/c1-2-33(31,32)17-9-15(14-5-3-4-13(8-14)10-25)11-26-19(17)29-20(30)28-12-16(21(22,23)24)6-7-18(28)27-29/h3-9,11-12H,2H2,1H3. The van der Waals surface area contributed by atoms with Crippen LogP contribution < -0.4 is 5.69 Å². The number of rotatable bonds is 4. The predicted molar refractivity (Wildman–Crippen MR) is 111 cm³/mol. The molecule has 0 saturated carbocycles. The van der Waals surface area contributed by atoms with Crippen LogP contribution in [0.2, 0.25) is 0 Å². The third-order valence-corrected chi connectivity index (χ3v) is 6.65. The van der Waals surface area contributed by atoms with Crippen molar-refractivity contribution in [3.8, 4) is 23.0 Å². The van der Waals surface area contributed by atoms with Crippen LogP contribution in [0.15, 0.2) is 64.5 Å². The topological polar surface area (TPSA) is 110 Å². The molecular formula is C21H14F3N5O3S. The molecule has 3 aromatic heterocycles. The summed E-state index contributed by atoms with van der Waals surface area (Å²) in [6, 6.07) is 11.5. The Balaban J connectivity index is 1.96. The normalized spacial score (nSPS) is 12.1. The van der Waals surface area contributed by atoms with E-state index in [1.165, 1.54) is 19.2 Å². The van der Waals surface area contributed by atoms with Crippen LogP contribution in [0.5, 0.6) is 0 Å². The fourth-order valence-electron chi connectivity index (χ4n) is 3.19. The van der Waals surface area contributed by atoms with Gasteiger partial charge < -0.3 is 0 Å². The maximum Gasteiger partial charge on any atom is 0.417 e. The molecule has 0 aliphatic rings. The van der Waals surface area contributed by atoms with Crippen molar-refractivity contribution < 1.29 is 21.6 Å². The number of sulfone groups is 1. The lowest BCUT2D eigenvalue weighted by atomic mass is 10.1. The van der Waals surface area contributed by atoms with E-state index in [4.69, 9.17) is 5.26 Å². The van der Waals surface area contributed by atoms with Gasteiger partial charge in [-0.3, -0.25) is 0 Å². The quantitative estimate of drug-likeness (QED) is 0.450. The maximum atomic E-state index is 13.0. The number of fused-ring (bicyclic) bond motifs is 1. The summed E-state index contributed by atoms with van der Waals surface area (Å²) in [4.78, 5) is 16.7. The van der Waals surface area contributed by atoms with Crippen molar-refractivity contribution in [3.63, 3.8) is 0 Å². The third-order valence-electron chi connectivity index (χ3n) is 4.92. The average molecular weight is 473 g/mol. The van der Waals surface area contributed by atoms with Crippen molar-refractivity contribution in [2.24, 2.45) is 0 Å². The second kappa shape index (κ2) is 7.86. The van der Waals surface area contributed by atoms with Crippen molar-refractivity contribution >= 4 is 15.5 Å². The van der Waals surface area contributed by atoms with Gasteiger partial charge in [0.05, 0.1) is 22.9 Å². The van der Waals surface area contributed by atoms with E-state index in [1.807, 2.05) is 6.07 Å². The molecule has 0 fully saturated rings. The fraction of sp³-hybridized carbons (Fsp3) is 0.143. The van der Waals surface area contributed by atoms with E-state index in [1.54, 1.807) is 24.3 Å². The molecule has 168 valence electrons. The number of hydrogen-bond donors (Lipinski definition) is 0. The van der Waals surface area contributed by atoms with Crippen LogP contribution >= 0.6 is 0 Å². The molecule has 4 aromatic rings. The number of hydrogen-bond acceptors (Lipinski definition) is 6. The van der Waals surface area contributed by atoms with Crippen molar-refractivity contribution in [1.29, 1.82) is 5.26 Å². The molecule has 12 heteroatoms. The Morgan fingerprint density at radius 1 is 1.12 bits per heavy atom. The number of alkyl halides is 3. The second-order valence-corrected chi connectivity index (χ2v) is 9.23. The molecule has 0 aliphatic heterocycles. The van der Waals surface area contributed by atoms with Gasteiger partial charge in [0.15, 0.2) is 21.3 Å². The van der Waals surface area contributed by atoms with Crippen LogP contribution in [-0.2, 0) is 16.0 Å². The van der Waals surface area contributed by atoms with Gasteiger partial charge in [-0.15, -0.1) is 5.10 Å². The minimum atomic E-state index is -4.68. The zero-order valence-corrected chi connectivity index (χ0v) is 17.7. The molecule has 0 bridgehead atoms. The molecule has 0 unspecified atom stereocenters. The number of benzene rings is 1. The summed E-state index contributed by atoms with van der Waals surface area (Å²) in [7, 11) is -3.93. The molecule has 1 aromatic carbocycles. The SMILES string of the molecule is CCS(=O)(=O)c1cc(-c2cccc(C#N)c2)cnc1-n1nc2ccc(C(F)(F)F)cn2c1=O. The maximum absolute atomic E-state index is 13.0. The minimum Gasteiger partial charge on any atom is -0.249 e. The van der Waals surface area contributed by atoms with Crippen molar-refractivity contribution in [1.82, 2.24) is 19.2 Å². The van der Waals surface area contributed by atoms with E-state index in [0.717, 1.165) is 12.1 Å². The van der Waals surface area contributed by atoms with Gasteiger partial charge in [-0.25, -0.2) is 22.6 Å². The highest BCUT2D eigenvalue weighted by atomic mass is 32.2.